The van der Waals surface area contributed by atoms with Gasteiger partial charge in [0, 0.05) is 25.3 Å². The van der Waals surface area contributed by atoms with E-state index in [9.17, 15) is 4.79 Å². The number of benzene rings is 1. The second-order valence-corrected chi connectivity index (χ2v) is 4.56. The molecule has 1 N–H and O–H groups in total. The van der Waals surface area contributed by atoms with E-state index in [4.69, 9.17) is 4.42 Å². The van der Waals surface area contributed by atoms with Gasteiger partial charge in [-0.2, -0.15) is 5.10 Å². The Morgan fingerprint density at radius 1 is 1.20 bits per heavy atom. The first-order valence-electron chi connectivity index (χ1n) is 6.24. The van der Waals surface area contributed by atoms with Crippen molar-refractivity contribution in [1.29, 1.82) is 0 Å². The van der Waals surface area contributed by atoms with E-state index in [1.54, 1.807) is 37.5 Å². The van der Waals surface area contributed by atoms with Crippen LogP contribution in [0, 0.1) is 0 Å². The molecule has 104 valence electrons. The van der Waals surface area contributed by atoms with Crippen LogP contribution in [-0.2, 0) is 0 Å². The standard InChI is InChI=1S/C15H17N3O2/c1-11(14-5-4-10-20-14)16-17-15(19)12-6-8-13(9-7-12)18(2)3/h4-10H,1-3H3,(H,17,19)/b16-11+. The lowest BCUT2D eigenvalue weighted by molar-refractivity contribution is 0.0955. The van der Waals surface area contributed by atoms with Crippen molar-refractivity contribution in [2.24, 2.45) is 5.10 Å². The van der Waals surface area contributed by atoms with Gasteiger partial charge in [0.2, 0.25) is 0 Å². The highest BCUT2D eigenvalue weighted by Crippen LogP contribution is 2.12. The molecule has 0 saturated carbocycles. The molecule has 20 heavy (non-hydrogen) atoms. The average Bonchev–Trinajstić information content (AvgIpc) is 2.98. The summed E-state index contributed by atoms with van der Waals surface area (Å²) in [6.07, 6.45) is 1.57. The second-order valence-electron chi connectivity index (χ2n) is 4.56. The quantitative estimate of drug-likeness (QED) is 0.686. The third-order valence-corrected chi connectivity index (χ3v) is 2.85. The zero-order valence-corrected chi connectivity index (χ0v) is 11.8. The molecule has 0 unspecified atom stereocenters. The van der Waals surface area contributed by atoms with E-state index in [1.807, 2.05) is 31.1 Å². The Balaban J connectivity index is 2.03. The summed E-state index contributed by atoms with van der Waals surface area (Å²) >= 11 is 0. The van der Waals surface area contributed by atoms with Gasteiger partial charge in [-0.25, -0.2) is 5.43 Å². The first-order chi connectivity index (χ1) is 9.58. The number of hydrogen-bond donors (Lipinski definition) is 1. The van der Waals surface area contributed by atoms with E-state index < -0.39 is 0 Å². The SMILES string of the molecule is C/C(=N\NC(=O)c1ccc(N(C)C)cc1)c1ccco1. The molecule has 1 heterocycles. The normalized spacial score (nSPS) is 11.2. The van der Waals surface area contributed by atoms with E-state index in [-0.39, 0.29) is 5.91 Å². The van der Waals surface area contributed by atoms with Crippen molar-refractivity contribution in [3.8, 4) is 0 Å². The van der Waals surface area contributed by atoms with E-state index in [1.165, 1.54) is 0 Å². The van der Waals surface area contributed by atoms with Crippen molar-refractivity contribution in [2.45, 2.75) is 6.92 Å². The Morgan fingerprint density at radius 2 is 1.90 bits per heavy atom. The molecular formula is C15H17N3O2. The average molecular weight is 271 g/mol. The predicted octanol–water partition coefficient (Wildman–Crippen LogP) is 2.50. The van der Waals surface area contributed by atoms with Crippen molar-refractivity contribution in [1.82, 2.24) is 5.43 Å². The molecule has 0 aliphatic heterocycles. The number of hydrazone groups is 1. The maximum atomic E-state index is 11.9. The van der Waals surface area contributed by atoms with Crippen molar-refractivity contribution >= 4 is 17.3 Å². The molecule has 2 rings (SSSR count). The van der Waals surface area contributed by atoms with Gasteiger partial charge in [-0.05, 0) is 43.3 Å². The molecule has 0 spiro atoms. The molecular weight excluding hydrogens is 254 g/mol. The second kappa shape index (κ2) is 6.06. The minimum atomic E-state index is -0.249. The summed E-state index contributed by atoms with van der Waals surface area (Å²) in [6.45, 7) is 1.77. The van der Waals surface area contributed by atoms with Crippen LogP contribution in [-0.4, -0.2) is 25.7 Å². The van der Waals surface area contributed by atoms with Gasteiger partial charge >= 0.3 is 0 Å². The highest BCUT2D eigenvalue weighted by atomic mass is 16.3. The van der Waals surface area contributed by atoms with Gasteiger partial charge in [-0.1, -0.05) is 0 Å². The van der Waals surface area contributed by atoms with Crippen LogP contribution in [0.1, 0.15) is 23.0 Å². The van der Waals surface area contributed by atoms with Crippen molar-refractivity contribution in [3.05, 3.63) is 54.0 Å². The molecule has 1 aromatic carbocycles. The van der Waals surface area contributed by atoms with Gasteiger partial charge in [-0.15, -0.1) is 0 Å². The first-order valence-corrected chi connectivity index (χ1v) is 6.24. The maximum Gasteiger partial charge on any atom is 0.271 e. The van der Waals surface area contributed by atoms with Crippen molar-refractivity contribution < 1.29 is 9.21 Å². The smallest absolute Gasteiger partial charge is 0.271 e. The molecule has 0 radical (unpaired) electrons. The number of rotatable bonds is 4. The van der Waals surface area contributed by atoms with E-state index >= 15 is 0 Å². The Hall–Kier alpha value is -2.56. The van der Waals surface area contributed by atoms with Crippen LogP contribution in [0.2, 0.25) is 0 Å². The van der Waals surface area contributed by atoms with Crippen LogP contribution < -0.4 is 10.3 Å². The summed E-state index contributed by atoms with van der Waals surface area (Å²) < 4.78 is 5.19. The maximum absolute atomic E-state index is 11.9. The number of nitrogens with zero attached hydrogens (tertiary/aromatic N) is 2. The third kappa shape index (κ3) is 3.26. The summed E-state index contributed by atoms with van der Waals surface area (Å²) in [5.74, 6) is 0.384. The number of carbonyl (C=O) groups excluding carboxylic acids is 1. The molecule has 0 bridgehead atoms. The zero-order valence-electron chi connectivity index (χ0n) is 11.8. The third-order valence-electron chi connectivity index (χ3n) is 2.85. The molecule has 0 atom stereocenters. The lowest BCUT2D eigenvalue weighted by atomic mass is 10.2. The van der Waals surface area contributed by atoms with E-state index in [0.717, 1.165) is 5.69 Å². The number of anilines is 1. The van der Waals surface area contributed by atoms with Gasteiger partial charge in [0.05, 0.1) is 6.26 Å². The molecule has 0 aliphatic carbocycles. The van der Waals surface area contributed by atoms with Gasteiger partial charge in [0.25, 0.3) is 5.91 Å². The molecule has 5 nitrogen and oxygen atoms in total. The van der Waals surface area contributed by atoms with Crippen LogP contribution in [0.4, 0.5) is 5.69 Å². The van der Waals surface area contributed by atoms with Crippen molar-refractivity contribution in [2.75, 3.05) is 19.0 Å². The number of hydrogen-bond acceptors (Lipinski definition) is 4. The molecule has 0 saturated heterocycles. The van der Waals surface area contributed by atoms with E-state index in [0.29, 0.717) is 17.0 Å². The van der Waals surface area contributed by atoms with Gasteiger partial charge in [0.1, 0.15) is 11.5 Å². The van der Waals surface area contributed by atoms with Gasteiger partial charge in [0.15, 0.2) is 0 Å². The monoisotopic (exact) mass is 271 g/mol. The molecule has 0 aliphatic rings. The molecule has 5 heteroatoms. The predicted molar refractivity (Wildman–Crippen MR) is 79.2 cm³/mol. The fourth-order valence-electron chi connectivity index (χ4n) is 1.65. The minimum Gasteiger partial charge on any atom is -0.463 e. The molecule has 2 aromatic rings. The molecule has 0 fully saturated rings. The fourth-order valence-corrected chi connectivity index (χ4v) is 1.65. The van der Waals surface area contributed by atoms with Crippen LogP contribution in [0.3, 0.4) is 0 Å². The van der Waals surface area contributed by atoms with E-state index in [2.05, 4.69) is 10.5 Å². The summed E-state index contributed by atoms with van der Waals surface area (Å²) in [5, 5.41) is 4.01. The highest BCUT2D eigenvalue weighted by Gasteiger charge is 2.06. The lowest BCUT2D eigenvalue weighted by Crippen LogP contribution is -2.19. The number of nitrogens with one attached hydrogen (secondary N) is 1. The topological polar surface area (TPSA) is 57.8 Å². The fraction of sp³-hybridized carbons (Fsp3) is 0.200. The molecule has 1 amide bonds. The van der Waals surface area contributed by atoms with Crippen LogP contribution in [0.25, 0.3) is 0 Å². The van der Waals surface area contributed by atoms with Crippen LogP contribution in [0.5, 0.6) is 0 Å². The Kier molecular flexibility index (Phi) is 4.20. The Labute approximate surface area is 117 Å². The lowest BCUT2D eigenvalue weighted by Gasteiger charge is -2.12. The summed E-state index contributed by atoms with van der Waals surface area (Å²) in [5.41, 5.74) is 4.73. The van der Waals surface area contributed by atoms with Crippen LogP contribution >= 0.6 is 0 Å². The van der Waals surface area contributed by atoms with Crippen LogP contribution in [0.15, 0.2) is 52.2 Å². The Morgan fingerprint density at radius 3 is 2.45 bits per heavy atom. The number of carbonyl (C=O) groups is 1. The zero-order chi connectivity index (χ0) is 14.5. The number of furan rings is 1. The molecule has 1 aromatic heterocycles. The summed E-state index contributed by atoms with van der Waals surface area (Å²) in [4.78, 5) is 13.9. The number of amides is 1. The minimum absolute atomic E-state index is 0.249. The summed E-state index contributed by atoms with van der Waals surface area (Å²) in [6, 6.07) is 10.9. The van der Waals surface area contributed by atoms with Crippen molar-refractivity contribution in [3.63, 3.8) is 0 Å². The van der Waals surface area contributed by atoms with Gasteiger partial charge < -0.3 is 9.32 Å². The largest absolute Gasteiger partial charge is 0.463 e. The Bertz CT molecular complexity index is 599. The first kappa shape index (κ1) is 13.9. The highest BCUT2D eigenvalue weighted by molar-refractivity contribution is 5.99. The summed E-state index contributed by atoms with van der Waals surface area (Å²) in [7, 11) is 3.90. The van der Waals surface area contributed by atoms with Gasteiger partial charge in [-0.3, -0.25) is 4.79 Å².